The van der Waals surface area contributed by atoms with Gasteiger partial charge in [0.1, 0.15) is 0 Å². The molecule has 5 nitrogen and oxygen atoms in total. The molecule has 3 aliphatic rings. The number of hydrogen-bond donors (Lipinski definition) is 0. The molecule has 1 saturated heterocycles. The second-order valence-electron chi connectivity index (χ2n) is 7.35. The Kier molecular flexibility index (Phi) is 3.62. The Hall–Kier alpha value is -2.01. The molecule has 0 unspecified atom stereocenters. The van der Waals surface area contributed by atoms with Crippen LogP contribution in [0.3, 0.4) is 0 Å². The van der Waals surface area contributed by atoms with Gasteiger partial charge in [-0.15, -0.1) is 0 Å². The average Bonchev–Trinajstić information content (AvgIpc) is 2.93. The van der Waals surface area contributed by atoms with Gasteiger partial charge in [0.2, 0.25) is 0 Å². The van der Waals surface area contributed by atoms with Gasteiger partial charge in [-0.1, -0.05) is 0 Å². The molecule has 2 aliphatic carbocycles. The fourth-order valence-electron chi connectivity index (χ4n) is 5.33. The van der Waals surface area contributed by atoms with Gasteiger partial charge in [0.25, 0.3) is 0 Å². The van der Waals surface area contributed by atoms with E-state index in [9.17, 15) is 4.79 Å². The summed E-state index contributed by atoms with van der Waals surface area (Å²) in [6, 6.07) is 4.19. The summed E-state index contributed by atoms with van der Waals surface area (Å²) < 4.78 is 16.5. The molecule has 1 aromatic rings. The van der Waals surface area contributed by atoms with Crippen LogP contribution in [0.15, 0.2) is 24.0 Å². The Morgan fingerprint density at radius 1 is 1.04 bits per heavy atom. The van der Waals surface area contributed by atoms with Crippen LogP contribution in [0.4, 0.5) is 0 Å². The van der Waals surface area contributed by atoms with E-state index in [0.29, 0.717) is 12.2 Å². The summed E-state index contributed by atoms with van der Waals surface area (Å²) in [7, 11) is 7.07. The summed E-state index contributed by atoms with van der Waals surface area (Å²) in [4.78, 5) is 15.1. The highest BCUT2D eigenvalue weighted by Crippen LogP contribution is 2.59. The molecule has 1 aliphatic heterocycles. The van der Waals surface area contributed by atoms with Crippen molar-refractivity contribution < 1.29 is 19.0 Å². The quantitative estimate of drug-likeness (QED) is 0.844. The van der Waals surface area contributed by atoms with Gasteiger partial charge in [0, 0.05) is 11.8 Å². The van der Waals surface area contributed by atoms with E-state index in [4.69, 9.17) is 14.2 Å². The predicted octanol–water partition coefficient (Wildman–Crippen LogP) is 2.47. The first kappa shape index (κ1) is 16.5. The highest BCUT2D eigenvalue weighted by molar-refractivity contribution is 5.96. The Balaban J connectivity index is 1.97. The molecule has 0 saturated carbocycles. The van der Waals surface area contributed by atoms with Crippen molar-refractivity contribution in [2.24, 2.45) is 0 Å². The van der Waals surface area contributed by atoms with Crippen molar-refractivity contribution >= 4 is 5.78 Å². The number of ketones is 1. The molecule has 2 atom stereocenters. The first-order valence-electron chi connectivity index (χ1n) is 8.78. The monoisotopic (exact) mass is 343 g/mol. The number of methoxy groups -OCH3 is 3. The summed E-state index contributed by atoms with van der Waals surface area (Å²) in [5.74, 6) is 2.09. The van der Waals surface area contributed by atoms with Crippen LogP contribution in [-0.4, -0.2) is 51.1 Å². The summed E-state index contributed by atoms with van der Waals surface area (Å²) in [5.41, 5.74) is 2.12. The van der Waals surface area contributed by atoms with Gasteiger partial charge in [-0.25, -0.2) is 0 Å². The fraction of sp³-hybridized carbons (Fsp3) is 0.550. The van der Waals surface area contributed by atoms with Gasteiger partial charge in [-0.05, 0) is 62.2 Å². The lowest BCUT2D eigenvalue weighted by molar-refractivity contribution is -0.122. The zero-order chi connectivity index (χ0) is 17.8. The fourth-order valence-corrected chi connectivity index (χ4v) is 5.33. The second-order valence-corrected chi connectivity index (χ2v) is 7.35. The van der Waals surface area contributed by atoms with E-state index >= 15 is 0 Å². The van der Waals surface area contributed by atoms with Gasteiger partial charge in [-0.2, -0.15) is 0 Å². The summed E-state index contributed by atoms with van der Waals surface area (Å²) in [6.45, 7) is 0.967. The van der Waals surface area contributed by atoms with Crippen molar-refractivity contribution in [1.29, 1.82) is 0 Å². The molecule has 0 spiro atoms. The largest absolute Gasteiger partial charge is 0.493 e. The maximum atomic E-state index is 12.7. The Labute approximate surface area is 148 Å². The lowest BCUT2D eigenvalue weighted by atomic mass is 9.54. The van der Waals surface area contributed by atoms with E-state index in [0.717, 1.165) is 37.3 Å². The first-order chi connectivity index (χ1) is 12.0. The maximum Gasteiger partial charge on any atom is 0.198 e. The number of benzene rings is 1. The number of allylic oxidation sites excluding steroid dienone is 1. The highest BCUT2D eigenvalue weighted by Gasteiger charge is 2.63. The first-order valence-corrected chi connectivity index (χ1v) is 8.78. The van der Waals surface area contributed by atoms with Gasteiger partial charge in [0.15, 0.2) is 23.0 Å². The van der Waals surface area contributed by atoms with Crippen LogP contribution in [0.25, 0.3) is 0 Å². The Bertz CT molecular complexity index is 771. The van der Waals surface area contributed by atoms with Crippen LogP contribution in [0.2, 0.25) is 0 Å². The molecule has 1 aromatic carbocycles. The summed E-state index contributed by atoms with van der Waals surface area (Å²) in [6.07, 6.45) is 5.46. The normalized spacial score (nSPS) is 30.9. The van der Waals surface area contributed by atoms with Crippen molar-refractivity contribution in [3.05, 3.63) is 35.1 Å². The van der Waals surface area contributed by atoms with Gasteiger partial charge in [0.05, 0.1) is 26.9 Å². The number of carbonyl (C=O) groups excluding carboxylic acids is 1. The molecule has 25 heavy (non-hydrogen) atoms. The maximum absolute atomic E-state index is 12.7. The van der Waals surface area contributed by atoms with Crippen LogP contribution < -0.4 is 9.47 Å². The molecule has 0 amide bonds. The third kappa shape index (κ3) is 1.96. The number of hydrogen-bond acceptors (Lipinski definition) is 5. The van der Waals surface area contributed by atoms with E-state index in [1.165, 1.54) is 11.1 Å². The molecule has 1 fully saturated rings. The highest BCUT2D eigenvalue weighted by atomic mass is 16.5. The van der Waals surface area contributed by atoms with Crippen LogP contribution in [-0.2, 0) is 21.4 Å². The Morgan fingerprint density at radius 3 is 2.44 bits per heavy atom. The molecule has 0 aromatic heterocycles. The molecular weight excluding hydrogens is 318 g/mol. The number of likely N-dealkylation sites (tertiary alicyclic amines) is 1. The SMILES string of the molecule is COC1=C[C@]23CCc4cc(OC)c(OC)cc4[C@]2(CCN3C)CC1=O. The summed E-state index contributed by atoms with van der Waals surface area (Å²) in [5, 5.41) is 0. The number of nitrogens with zero attached hydrogens (tertiary/aromatic N) is 1. The van der Waals surface area contributed by atoms with Crippen molar-refractivity contribution in [3.63, 3.8) is 0 Å². The van der Waals surface area contributed by atoms with Gasteiger partial charge < -0.3 is 14.2 Å². The van der Waals surface area contributed by atoms with E-state index < -0.39 is 0 Å². The van der Waals surface area contributed by atoms with Crippen molar-refractivity contribution in [2.45, 2.75) is 36.6 Å². The zero-order valence-corrected chi connectivity index (χ0v) is 15.3. The smallest absolute Gasteiger partial charge is 0.198 e. The number of carbonyl (C=O) groups is 1. The molecule has 134 valence electrons. The number of aryl methyl sites for hydroxylation is 1. The minimum Gasteiger partial charge on any atom is -0.493 e. The van der Waals surface area contributed by atoms with Crippen LogP contribution in [0.1, 0.15) is 30.4 Å². The summed E-state index contributed by atoms with van der Waals surface area (Å²) >= 11 is 0. The molecular formula is C20H25NO4. The average molecular weight is 343 g/mol. The second kappa shape index (κ2) is 5.49. The minimum absolute atomic E-state index is 0.0936. The van der Waals surface area contributed by atoms with Crippen LogP contribution >= 0.6 is 0 Å². The third-order valence-electron chi connectivity index (χ3n) is 6.61. The third-order valence-corrected chi connectivity index (χ3v) is 6.61. The van der Waals surface area contributed by atoms with E-state index in [-0.39, 0.29) is 16.7 Å². The minimum atomic E-state index is -0.214. The number of ether oxygens (including phenoxy) is 3. The number of fused-ring (bicyclic) bond motifs is 1. The van der Waals surface area contributed by atoms with Crippen LogP contribution in [0, 0.1) is 0 Å². The molecule has 1 heterocycles. The lowest BCUT2D eigenvalue weighted by Gasteiger charge is -2.53. The van der Waals surface area contributed by atoms with Crippen molar-refractivity contribution in [3.8, 4) is 11.5 Å². The van der Waals surface area contributed by atoms with Gasteiger partial charge in [-0.3, -0.25) is 9.69 Å². The molecule has 0 radical (unpaired) electrons. The van der Waals surface area contributed by atoms with Crippen molar-refractivity contribution in [2.75, 3.05) is 34.9 Å². The number of Topliss-reactive ketones (excluding diaryl/α,β-unsaturated/α-hetero) is 1. The molecule has 5 heteroatoms. The Morgan fingerprint density at radius 2 is 1.76 bits per heavy atom. The van der Waals surface area contributed by atoms with E-state index in [1.807, 2.05) is 0 Å². The van der Waals surface area contributed by atoms with Crippen LogP contribution in [0.5, 0.6) is 11.5 Å². The molecule has 0 bridgehead atoms. The standard InChI is InChI=1S/C20H25NO4/c1-21-8-7-19-11-15(22)18(25-4)12-20(19,21)6-5-13-9-16(23-2)17(24-3)10-14(13)19/h9-10,12H,5-8,11H2,1-4H3/t19-,20+/m0/s1. The van der Waals surface area contributed by atoms with Gasteiger partial charge >= 0.3 is 0 Å². The van der Waals surface area contributed by atoms with E-state index in [2.05, 4.69) is 30.2 Å². The van der Waals surface area contributed by atoms with Crippen molar-refractivity contribution in [1.82, 2.24) is 4.90 Å². The van der Waals surface area contributed by atoms with E-state index in [1.54, 1.807) is 21.3 Å². The number of likely N-dealkylation sites (N-methyl/N-ethyl adjacent to an activating group) is 1. The zero-order valence-electron chi connectivity index (χ0n) is 15.3. The molecule has 4 rings (SSSR count). The number of rotatable bonds is 3. The lowest BCUT2D eigenvalue weighted by Crippen LogP contribution is -2.59. The topological polar surface area (TPSA) is 48.0 Å². The predicted molar refractivity (Wildman–Crippen MR) is 94.2 cm³/mol. The molecule has 0 N–H and O–H groups in total.